The predicted molar refractivity (Wildman–Crippen MR) is 39.1 cm³/mol. The van der Waals surface area contributed by atoms with Crippen molar-refractivity contribution in [3.8, 4) is 0 Å². The molecule has 0 spiro atoms. The molecule has 0 atom stereocenters. The van der Waals surface area contributed by atoms with Crippen molar-refractivity contribution >= 4 is 0 Å². The van der Waals surface area contributed by atoms with E-state index in [1.165, 1.54) is 11.1 Å². The Morgan fingerprint density at radius 2 is 1.56 bits per heavy atom. The van der Waals surface area contributed by atoms with Gasteiger partial charge >= 0.3 is 0 Å². The third-order valence-electron chi connectivity index (χ3n) is 1.63. The minimum Gasteiger partial charge on any atom is -0.339 e. The highest BCUT2D eigenvalue weighted by Crippen LogP contribution is 2.05. The van der Waals surface area contributed by atoms with Gasteiger partial charge in [-0.2, -0.15) is 0 Å². The summed E-state index contributed by atoms with van der Waals surface area (Å²) >= 11 is 0. The minimum atomic E-state index is 1.07. The topological polar surface area (TPSA) is 16.6 Å². The van der Waals surface area contributed by atoms with Gasteiger partial charge in [-0.3, -0.25) is 0 Å². The first kappa shape index (κ1) is 6.30. The van der Waals surface area contributed by atoms with Gasteiger partial charge in [0.2, 0.25) is 0 Å². The summed E-state index contributed by atoms with van der Waals surface area (Å²) in [6, 6.07) is 0. The lowest BCUT2D eigenvalue weighted by molar-refractivity contribution is -0.631. The third-order valence-corrected chi connectivity index (χ3v) is 1.63. The first-order valence-electron chi connectivity index (χ1n) is 3.17. The van der Waals surface area contributed by atoms with E-state index in [1.54, 1.807) is 0 Å². The third kappa shape index (κ3) is 1.11. The van der Waals surface area contributed by atoms with E-state index < -0.39 is 0 Å². The van der Waals surface area contributed by atoms with Crippen molar-refractivity contribution in [2.24, 2.45) is 0 Å². The number of nitrogens with two attached hydrogens (primary N) is 1. The lowest BCUT2D eigenvalue weighted by atomic mass is 10.1. The second-order valence-electron chi connectivity index (χ2n) is 2.16. The number of quaternary nitrogens is 1. The van der Waals surface area contributed by atoms with Crippen LogP contribution in [0.3, 0.4) is 0 Å². The summed E-state index contributed by atoms with van der Waals surface area (Å²) in [5, 5.41) is 2.24. The van der Waals surface area contributed by atoms with E-state index in [9.17, 15) is 0 Å². The van der Waals surface area contributed by atoms with Crippen LogP contribution in [0.2, 0.25) is 0 Å². The maximum absolute atomic E-state index is 3.72. The fourth-order valence-electron chi connectivity index (χ4n) is 1.07. The van der Waals surface area contributed by atoms with Gasteiger partial charge in [-0.05, 0) is 0 Å². The highest BCUT2D eigenvalue weighted by molar-refractivity contribution is 5.33. The summed E-state index contributed by atoms with van der Waals surface area (Å²) in [5.74, 6) is 0. The Bertz CT molecular complexity index is 147. The molecule has 0 aromatic rings. The van der Waals surface area contributed by atoms with Gasteiger partial charge in [-0.15, -0.1) is 0 Å². The van der Waals surface area contributed by atoms with Gasteiger partial charge in [0, 0.05) is 11.1 Å². The van der Waals surface area contributed by atoms with Crippen LogP contribution in [0.25, 0.3) is 0 Å². The minimum absolute atomic E-state index is 1.07. The molecule has 1 heterocycles. The molecular formula is C8H12N+. The molecule has 0 aromatic heterocycles. The molecule has 1 aliphatic heterocycles. The smallest absolute Gasteiger partial charge is 0.102 e. The lowest BCUT2D eigenvalue weighted by Crippen LogP contribution is -2.82. The van der Waals surface area contributed by atoms with Crippen molar-refractivity contribution in [1.82, 2.24) is 0 Å². The van der Waals surface area contributed by atoms with Gasteiger partial charge < -0.3 is 5.32 Å². The number of hydrogen-bond donors (Lipinski definition) is 1. The maximum Gasteiger partial charge on any atom is 0.102 e. The van der Waals surface area contributed by atoms with Crippen molar-refractivity contribution in [3.63, 3.8) is 0 Å². The lowest BCUT2D eigenvalue weighted by Gasteiger charge is -1.86. The van der Waals surface area contributed by atoms with Crippen LogP contribution in [0.15, 0.2) is 36.5 Å². The van der Waals surface area contributed by atoms with Crippen LogP contribution >= 0.6 is 0 Å². The van der Waals surface area contributed by atoms with Gasteiger partial charge in [0.05, 0.1) is 0 Å². The molecule has 48 valence electrons. The average Bonchev–Trinajstić information content (AvgIpc) is 2.33. The van der Waals surface area contributed by atoms with Crippen LogP contribution in [0.1, 0.15) is 0 Å². The summed E-state index contributed by atoms with van der Waals surface area (Å²) in [5.41, 5.74) is 2.68. The zero-order valence-electron chi connectivity index (χ0n) is 5.56. The van der Waals surface area contributed by atoms with Gasteiger partial charge in [0.25, 0.3) is 0 Å². The molecule has 0 fully saturated rings. The molecule has 0 amide bonds. The molecule has 1 heteroatoms. The van der Waals surface area contributed by atoms with Gasteiger partial charge in [0.15, 0.2) is 0 Å². The summed E-state index contributed by atoms with van der Waals surface area (Å²) in [4.78, 5) is 0. The Morgan fingerprint density at radius 3 is 1.89 bits per heavy atom. The fourth-order valence-corrected chi connectivity index (χ4v) is 1.07. The van der Waals surface area contributed by atoms with Crippen LogP contribution in [-0.2, 0) is 0 Å². The van der Waals surface area contributed by atoms with E-state index >= 15 is 0 Å². The molecule has 0 aliphatic carbocycles. The van der Waals surface area contributed by atoms with Gasteiger partial charge in [-0.1, -0.05) is 25.3 Å². The molecular weight excluding hydrogens is 110 g/mol. The van der Waals surface area contributed by atoms with E-state index in [1.807, 2.05) is 12.2 Å². The van der Waals surface area contributed by atoms with Crippen molar-refractivity contribution in [1.29, 1.82) is 0 Å². The maximum atomic E-state index is 3.72. The van der Waals surface area contributed by atoms with Crippen LogP contribution in [0, 0.1) is 0 Å². The number of hydrogen-bond acceptors (Lipinski definition) is 0. The van der Waals surface area contributed by atoms with Crippen LogP contribution in [0.5, 0.6) is 0 Å². The van der Waals surface area contributed by atoms with Crippen molar-refractivity contribution < 1.29 is 5.32 Å². The Labute approximate surface area is 55.8 Å². The van der Waals surface area contributed by atoms with Crippen molar-refractivity contribution in [2.45, 2.75) is 0 Å². The molecule has 1 rings (SSSR count). The molecule has 0 aromatic carbocycles. The quantitative estimate of drug-likeness (QED) is 0.540. The summed E-state index contributed by atoms with van der Waals surface area (Å²) in [6.07, 6.45) is 3.83. The van der Waals surface area contributed by atoms with Crippen molar-refractivity contribution in [2.75, 3.05) is 13.1 Å². The molecule has 1 nitrogen and oxygen atoms in total. The Morgan fingerprint density at radius 1 is 1.11 bits per heavy atom. The Kier molecular flexibility index (Phi) is 1.85. The van der Waals surface area contributed by atoms with Gasteiger partial charge in [-0.25, -0.2) is 0 Å². The SMILES string of the molecule is C=CC1=C(C=C)C[NH2+]C1. The molecule has 0 saturated carbocycles. The molecule has 0 saturated heterocycles. The van der Waals surface area contributed by atoms with Crippen LogP contribution in [0.4, 0.5) is 0 Å². The Balaban J connectivity index is 2.81. The first-order chi connectivity index (χ1) is 4.38. The largest absolute Gasteiger partial charge is 0.339 e. The highest BCUT2D eigenvalue weighted by Gasteiger charge is 2.10. The Hall–Kier alpha value is -0.820. The monoisotopic (exact) mass is 122 g/mol. The zero-order valence-corrected chi connectivity index (χ0v) is 5.56. The van der Waals surface area contributed by atoms with Crippen LogP contribution < -0.4 is 5.32 Å². The molecule has 1 aliphatic rings. The molecule has 0 unspecified atom stereocenters. The number of rotatable bonds is 2. The van der Waals surface area contributed by atoms with E-state index in [0.29, 0.717) is 0 Å². The fraction of sp³-hybridized carbons (Fsp3) is 0.250. The highest BCUT2D eigenvalue weighted by atomic mass is 14.9. The van der Waals surface area contributed by atoms with Gasteiger partial charge in [0.1, 0.15) is 13.1 Å². The standard InChI is InChI=1S/C8H11N/c1-3-7-5-9-6-8(7)4-2/h3-4,9H,1-2,5-6H2/p+1. The normalized spacial score (nSPS) is 18.2. The first-order valence-corrected chi connectivity index (χ1v) is 3.17. The molecule has 0 radical (unpaired) electrons. The van der Waals surface area contributed by atoms with Crippen molar-refractivity contribution in [3.05, 3.63) is 36.5 Å². The van der Waals surface area contributed by atoms with E-state index in [4.69, 9.17) is 0 Å². The second-order valence-corrected chi connectivity index (χ2v) is 2.16. The summed E-state index contributed by atoms with van der Waals surface area (Å²) in [6.45, 7) is 9.58. The van der Waals surface area contributed by atoms with Crippen LogP contribution in [-0.4, -0.2) is 13.1 Å². The summed E-state index contributed by atoms with van der Waals surface area (Å²) < 4.78 is 0. The second kappa shape index (κ2) is 2.65. The molecule has 9 heavy (non-hydrogen) atoms. The molecule has 2 N–H and O–H groups in total. The average molecular weight is 122 g/mol. The predicted octanol–water partition coefficient (Wildman–Crippen LogP) is 0.232. The van der Waals surface area contributed by atoms with E-state index in [2.05, 4.69) is 18.5 Å². The van der Waals surface area contributed by atoms with E-state index in [0.717, 1.165) is 13.1 Å². The molecule has 0 bridgehead atoms. The summed E-state index contributed by atoms with van der Waals surface area (Å²) in [7, 11) is 0. The zero-order chi connectivity index (χ0) is 6.69. The van der Waals surface area contributed by atoms with E-state index in [-0.39, 0.29) is 0 Å².